The summed E-state index contributed by atoms with van der Waals surface area (Å²) in [6, 6.07) is 5.54. The maximum atomic E-state index is 8.61. The Labute approximate surface area is 179 Å². The number of ether oxygens (including phenoxy) is 3. The summed E-state index contributed by atoms with van der Waals surface area (Å²) in [5.41, 5.74) is 7.87. The minimum atomic E-state index is 0.131. The molecule has 1 aromatic rings. The zero-order valence-corrected chi connectivity index (χ0v) is 18.3. The molecule has 2 aliphatic rings. The highest BCUT2D eigenvalue weighted by molar-refractivity contribution is 6.03. The van der Waals surface area contributed by atoms with E-state index in [4.69, 9.17) is 31.2 Å². The first-order chi connectivity index (χ1) is 14.3. The molecule has 0 amide bonds. The topological polar surface area (TPSA) is 110 Å². The molecule has 8 heteroatoms. The quantitative estimate of drug-likeness (QED) is 0.270. The molecule has 0 aromatic heterocycles. The fourth-order valence-corrected chi connectivity index (χ4v) is 4.02. The molecule has 2 heterocycles. The Kier molecular flexibility index (Phi) is 7.58. The number of allylic oxidation sites excluding steroid dienone is 1. The number of anilines is 1. The van der Waals surface area contributed by atoms with Gasteiger partial charge in [-0.2, -0.15) is 0 Å². The lowest BCUT2D eigenvalue weighted by Gasteiger charge is -2.40. The van der Waals surface area contributed by atoms with Crippen molar-refractivity contribution in [3.63, 3.8) is 0 Å². The lowest BCUT2D eigenvalue weighted by atomic mass is 10.0. The van der Waals surface area contributed by atoms with Gasteiger partial charge in [0.25, 0.3) is 0 Å². The number of rotatable bonds is 7. The Hall–Kier alpha value is -2.29. The van der Waals surface area contributed by atoms with Crippen molar-refractivity contribution < 1.29 is 14.2 Å². The first-order valence-electron chi connectivity index (χ1n) is 10.6. The van der Waals surface area contributed by atoms with E-state index < -0.39 is 0 Å². The lowest BCUT2D eigenvalue weighted by Crippen LogP contribution is -2.48. The molecule has 2 aliphatic heterocycles. The third kappa shape index (κ3) is 5.87. The molecule has 1 unspecified atom stereocenters. The molecule has 0 radical (unpaired) electrons. The Balaban J connectivity index is 1.70. The van der Waals surface area contributed by atoms with Crippen molar-refractivity contribution in [2.24, 2.45) is 5.84 Å². The first kappa shape index (κ1) is 22.4. The minimum absolute atomic E-state index is 0.131. The van der Waals surface area contributed by atoms with Crippen molar-refractivity contribution in [2.75, 3.05) is 39.1 Å². The first-order valence-corrected chi connectivity index (χ1v) is 10.6. The number of nitrogen functional groups attached to an aromatic ring is 1. The van der Waals surface area contributed by atoms with Gasteiger partial charge in [-0.15, -0.1) is 0 Å². The third-order valence-electron chi connectivity index (χ3n) is 5.41. The fraction of sp³-hybridized carbons (Fsp3) is 0.591. The fourth-order valence-electron chi connectivity index (χ4n) is 4.02. The molecular formula is C22H35N5O3. The number of nitrogens with two attached hydrogens (primary N) is 2. The Morgan fingerprint density at radius 3 is 2.57 bits per heavy atom. The summed E-state index contributed by atoms with van der Waals surface area (Å²) in [6.07, 6.45) is 4.57. The Bertz CT molecular complexity index is 751. The maximum Gasteiger partial charge on any atom is 0.120 e. The zero-order valence-electron chi connectivity index (χ0n) is 18.3. The molecule has 0 aliphatic carbocycles. The van der Waals surface area contributed by atoms with E-state index in [0.29, 0.717) is 23.4 Å². The predicted octanol–water partition coefficient (Wildman–Crippen LogP) is 2.34. The molecule has 0 saturated carbocycles. The predicted molar refractivity (Wildman–Crippen MR) is 118 cm³/mol. The van der Waals surface area contributed by atoms with Crippen molar-refractivity contribution in [3.8, 4) is 5.75 Å². The summed E-state index contributed by atoms with van der Waals surface area (Å²) < 4.78 is 17.3. The van der Waals surface area contributed by atoms with E-state index in [0.717, 1.165) is 50.7 Å². The summed E-state index contributed by atoms with van der Waals surface area (Å²) in [4.78, 5) is 2.21. The number of hydrogen-bond acceptors (Lipinski definition) is 8. The van der Waals surface area contributed by atoms with Crippen LogP contribution in [-0.4, -0.2) is 67.3 Å². The molecule has 2 atom stereocenters. The van der Waals surface area contributed by atoms with Crippen LogP contribution >= 0.6 is 0 Å². The average molecular weight is 418 g/mol. The van der Waals surface area contributed by atoms with E-state index in [1.54, 1.807) is 5.01 Å². The molecule has 2 fully saturated rings. The second kappa shape index (κ2) is 10.1. The number of nitrogens with one attached hydrogen (secondary N) is 1. The third-order valence-corrected chi connectivity index (χ3v) is 5.41. The number of benzene rings is 1. The van der Waals surface area contributed by atoms with Gasteiger partial charge in [-0.3, -0.25) is 5.01 Å². The van der Waals surface area contributed by atoms with Crippen LogP contribution in [0.5, 0.6) is 5.75 Å². The monoisotopic (exact) mass is 417 g/mol. The van der Waals surface area contributed by atoms with Crippen molar-refractivity contribution >= 4 is 11.4 Å². The molecule has 8 nitrogen and oxygen atoms in total. The van der Waals surface area contributed by atoms with Crippen molar-refractivity contribution in [1.82, 2.24) is 9.91 Å². The molecule has 2 saturated heterocycles. The summed E-state index contributed by atoms with van der Waals surface area (Å²) in [7, 11) is 1.82. The molecule has 1 aromatic carbocycles. The van der Waals surface area contributed by atoms with Crippen LogP contribution in [0.25, 0.3) is 0 Å². The molecule has 0 spiro atoms. The normalized spacial score (nSPS) is 23.3. The number of morpholine rings is 1. The standard InChI is InChI=1S/C22H35N5O3/c1-15-13-27(14-16(2)29-15)22(26(3)25)7-6-21(24)19-12-18(4-5-20(19)23)30-17-8-10-28-11-9-17/h4-5,7,12,15-17,24H,6,8-11,13-14,23,25H2,1-3H3/b22-7+,24-21?/t15-,16?/m0/s1. The highest BCUT2D eigenvalue weighted by atomic mass is 16.5. The molecular weight excluding hydrogens is 382 g/mol. The second-order valence-corrected chi connectivity index (χ2v) is 8.20. The number of nitrogens with zero attached hydrogens (tertiary/aromatic N) is 2. The van der Waals surface area contributed by atoms with Crippen molar-refractivity contribution in [3.05, 3.63) is 35.7 Å². The smallest absolute Gasteiger partial charge is 0.120 e. The highest BCUT2D eigenvalue weighted by Gasteiger charge is 2.25. The largest absolute Gasteiger partial charge is 0.490 e. The van der Waals surface area contributed by atoms with E-state index in [1.807, 2.05) is 31.3 Å². The molecule has 5 N–H and O–H groups in total. The van der Waals surface area contributed by atoms with Gasteiger partial charge >= 0.3 is 0 Å². The van der Waals surface area contributed by atoms with E-state index in [1.165, 1.54) is 0 Å². The van der Waals surface area contributed by atoms with Gasteiger partial charge in [-0.25, -0.2) is 5.84 Å². The molecule has 3 rings (SSSR count). The van der Waals surface area contributed by atoms with Crippen LogP contribution in [0.15, 0.2) is 30.1 Å². The second-order valence-electron chi connectivity index (χ2n) is 8.20. The minimum Gasteiger partial charge on any atom is -0.490 e. The van der Waals surface area contributed by atoms with Crippen LogP contribution < -0.4 is 16.3 Å². The molecule has 166 valence electrons. The molecule has 30 heavy (non-hydrogen) atoms. The van der Waals surface area contributed by atoms with Crippen LogP contribution in [0.4, 0.5) is 5.69 Å². The van der Waals surface area contributed by atoms with Crippen LogP contribution in [0.2, 0.25) is 0 Å². The van der Waals surface area contributed by atoms with Gasteiger partial charge in [0.15, 0.2) is 0 Å². The number of hydrazine groups is 1. The highest BCUT2D eigenvalue weighted by Crippen LogP contribution is 2.25. The van der Waals surface area contributed by atoms with E-state index in [-0.39, 0.29) is 18.3 Å². The van der Waals surface area contributed by atoms with Gasteiger partial charge in [-0.05, 0) is 38.1 Å². The van der Waals surface area contributed by atoms with Gasteiger partial charge in [0.2, 0.25) is 0 Å². The SMILES string of the molecule is CC1CN(/C(=C/CC(=N)c2cc(OC3CCOCC3)ccc2N)N(C)N)C[C@H](C)O1. The summed E-state index contributed by atoms with van der Waals surface area (Å²) >= 11 is 0. The van der Waals surface area contributed by atoms with Crippen LogP contribution in [-0.2, 0) is 9.47 Å². The Morgan fingerprint density at radius 2 is 1.93 bits per heavy atom. The Morgan fingerprint density at radius 1 is 1.27 bits per heavy atom. The van der Waals surface area contributed by atoms with E-state index >= 15 is 0 Å². The summed E-state index contributed by atoms with van der Waals surface area (Å²) in [6.45, 7) is 7.10. The van der Waals surface area contributed by atoms with Gasteiger partial charge < -0.3 is 30.3 Å². The summed E-state index contributed by atoms with van der Waals surface area (Å²) in [5, 5.41) is 10.2. The van der Waals surface area contributed by atoms with Gasteiger partial charge in [0, 0.05) is 56.4 Å². The summed E-state index contributed by atoms with van der Waals surface area (Å²) in [5.74, 6) is 7.73. The molecule has 0 bridgehead atoms. The lowest BCUT2D eigenvalue weighted by molar-refractivity contribution is -0.0646. The van der Waals surface area contributed by atoms with E-state index in [2.05, 4.69) is 18.7 Å². The van der Waals surface area contributed by atoms with Gasteiger partial charge in [0.1, 0.15) is 17.7 Å². The van der Waals surface area contributed by atoms with Crippen molar-refractivity contribution in [1.29, 1.82) is 5.41 Å². The van der Waals surface area contributed by atoms with Crippen LogP contribution in [0.1, 0.15) is 38.7 Å². The van der Waals surface area contributed by atoms with Crippen LogP contribution in [0, 0.1) is 5.41 Å². The number of hydrogen-bond donors (Lipinski definition) is 3. The zero-order chi connectivity index (χ0) is 21.7. The van der Waals surface area contributed by atoms with Gasteiger partial charge in [-0.1, -0.05) is 0 Å². The van der Waals surface area contributed by atoms with Crippen molar-refractivity contribution in [2.45, 2.75) is 51.4 Å². The van der Waals surface area contributed by atoms with Crippen LogP contribution in [0.3, 0.4) is 0 Å². The maximum absolute atomic E-state index is 8.61. The van der Waals surface area contributed by atoms with Gasteiger partial charge in [0.05, 0.1) is 25.4 Å². The van der Waals surface area contributed by atoms with E-state index in [9.17, 15) is 0 Å². The average Bonchev–Trinajstić information content (AvgIpc) is 2.69.